The minimum Gasteiger partial charge on any atom is -0.379 e. The van der Waals surface area contributed by atoms with Crippen LogP contribution in [0.2, 0.25) is 5.02 Å². The molecule has 8 nitrogen and oxygen atoms in total. The summed E-state index contributed by atoms with van der Waals surface area (Å²) in [6, 6.07) is 19.5. The van der Waals surface area contributed by atoms with Gasteiger partial charge in [0, 0.05) is 70.9 Å². The molecule has 2 aliphatic heterocycles. The summed E-state index contributed by atoms with van der Waals surface area (Å²) in [6.07, 6.45) is 1.97. The molecular formula is C31H30ClFN6O2. The van der Waals surface area contributed by atoms with Crippen molar-refractivity contribution in [1.82, 2.24) is 20.0 Å². The first kappa shape index (κ1) is 27.1. The quantitative estimate of drug-likeness (QED) is 0.316. The van der Waals surface area contributed by atoms with Gasteiger partial charge >= 0.3 is 0 Å². The van der Waals surface area contributed by atoms with Gasteiger partial charge in [-0.3, -0.25) is 19.4 Å². The van der Waals surface area contributed by atoms with E-state index in [9.17, 15) is 9.18 Å². The van der Waals surface area contributed by atoms with E-state index in [1.165, 1.54) is 12.1 Å². The third kappa shape index (κ3) is 6.32. The molecule has 0 bridgehead atoms. The number of amides is 1. The zero-order chi connectivity index (χ0) is 28.2. The molecule has 10 heteroatoms. The number of nitrogens with one attached hydrogen (secondary N) is 2. The van der Waals surface area contributed by atoms with Crippen molar-refractivity contribution in [2.75, 3.05) is 44.7 Å². The predicted molar refractivity (Wildman–Crippen MR) is 158 cm³/mol. The van der Waals surface area contributed by atoms with Crippen LogP contribution in [0.3, 0.4) is 0 Å². The van der Waals surface area contributed by atoms with Crippen LogP contribution in [0, 0.1) is 5.82 Å². The van der Waals surface area contributed by atoms with Gasteiger partial charge in [-0.15, -0.1) is 0 Å². The molecule has 0 spiro atoms. The fourth-order valence-corrected chi connectivity index (χ4v) is 5.28. The molecule has 3 heterocycles. The number of carbonyl (C=O) groups is 1. The number of ether oxygens (including phenoxy) is 1. The average molecular weight is 573 g/mol. The van der Waals surface area contributed by atoms with Gasteiger partial charge in [0.15, 0.2) is 0 Å². The van der Waals surface area contributed by atoms with E-state index in [0.29, 0.717) is 41.6 Å². The van der Waals surface area contributed by atoms with Gasteiger partial charge in [-0.25, -0.2) is 4.39 Å². The Balaban J connectivity index is 1.11. The van der Waals surface area contributed by atoms with Crippen LogP contribution < -0.4 is 10.6 Å². The van der Waals surface area contributed by atoms with Crippen LogP contribution in [-0.2, 0) is 18.0 Å². The van der Waals surface area contributed by atoms with E-state index in [2.05, 4.69) is 15.5 Å². The number of anilines is 1. The van der Waals surface area contributed by atoms with Crippen molar-refractivity contribution in [2.24, 2.45) is 4.99 Å². The van der Waals surface area contributed by atoms with Crippen LogP contribution in [-0.4, -0.2) is 65.7 Å². The standard InChI is InChI=1S/C31H30ClFN6O2/c32-24-6-9-27-28(17-24)29(22-2-1-3-25(33)16-22)35-18-23-19-39(37-30(23)27)20-36-26-7-4-21(5-8-26)31(40)34-10-11-38-12-14-41-15-13-38/h1-9,16-17,19,36H,10-15,18,20H2,(H,34,40). The number of rotatable bonds is 8. The maximum atomic E-state index is 14.0. The summed E-state index contributed by atoms with van der Waals surface area (Å²) >= 11 is 6.36. The number of carbonyl (C=O) groups excluding carboxylic acids is 1. The molecule has 6 rings (SSSR count). The van der Waals surface area contributed by atoms with Crippen LogP contribution >= 0.6 is 11.6 Å². The van der Waals surface area contributed by atoms with Crippen molar-refractivity contribution in [1.29, 1.82) is 0 Å². The number of benzene rings is 3. The van der Waals surface area contributed by atoms with Crippen LogP contribution in [0.4, 0.5) is 10.1 Å². The summed E-state index contributed by atoms with van der Waals surface area (Å²) in [5.74, 6) is -0.401. The van der Waals surface area contributed by atoms with E-state index in [1.54, 1.807) is 6.07 Å². The van der Waals surface area contributed by atoms with Crippen LogP contribution in [0.25, 0.3) is 11.3 Å². The Morgan fingerprint density at radius 3 is 2.66 bits per heavy atom. The number of fused-ring (bicyclic) bond motifs is 3. The molecule has 4 aromatic rings. The van der Waals surface area contributed by atoms with Gasteiger partial charge < -0.3 is 15.4 Å². The highest BCUT2D eigenvalue weighted by atomic mass is 35.5. The van der Waals surface area contributed by atoms with E-state index in [-0.39, 0.29) is 11.7 Å². The molecular weight excluding hydrogens is 543 g/mol. The molecule has 0 atom stereocenters. The van der Waals surface area contributed by atoms with E-state index in [0.717, 1.165) is 60.9 Å². The Hall–Kier alpha value is -4.05. The lowest BCUT2D eigenvalue weighted by Gasteiger charge is -2.26. The molecule has 1 amide bonds. The Morgan fingerprint density at radius 1 is 1.02 bits per heavy atom. The summed E-state index contributed by atoms with van der Waals surface area (Å²) in [6.45, 7) is 5.56. The van der Waals surface area contributed by atoms with E-state index < -0.39 is 0 Å². The second-order valence-electron chi connectivity index (χ2n) is 10.0. The number of halogens is 2. The Bertz CT molecular complexity index is 1580. The molecule has 0 radical (unpaired) electrons. The maximum Gasteiger partial charge on any atom is 0.251 e. The highest BCUT2D eigenvalue weighted by molar-refractivity contribution is 6.31. The summed E-state index contributed by atoms with van der Waals surface area (Å²) in [5, 5.41) is 11.8. The van der Waals surface area contributed by atoms with Gasteiger partial charge in [-0.1, -0.05) is 29.8 Å². The first-order valence-corrected chi connectivity index (χ1v) is 14.0. The molecule has 2 N–H and O–H groups in total. The molecule has 1 fully saturated rings. The topological polar surface area (TPSA) is 83.8 Å². The predicted octanol–water partition coefficient (Wildman–Crippen LogP) is 4.83. The third-order valence-electron chi connectivity index (χ3n) is 7.24. The first-order valence-electron chi connectivity index (χ1n) is 13.6. The van der Waals surface area contributed by atoms with E-state index in [4.69, 9.17) is 26.4 Å². The smallest absolute Gasteiger partial charge is 0.251 e. The third-order valence-corrected chi connectivity index (χ3v) is 7.48. The van der Waals surface area contributed by atoms with Gasteiger partial charge in [0.1, 0.15) is 12.5 Å². The van der Waals surface area contributed by atoms with E-state index >= 15 is 0 Å². The number of aromatic nitrogens is 2. The fraction of sp³-hybridized carbons (Fsp3) is 0.258. The molecule has 0 saturated carbocycles. The molecule has 3 aromatic carbocycles. The molecule has 1 aromatic heterocycles. The lowest BCUT2D eigenvalue weighted by atomic mass is 9.95. The first-order chi connectivity index (χ1) is 20.0. The van der Waals surface area contributed by atoms with Crippen molar-refractivity contribution in [2.45, 2.75) is 13.2 Å². The number of hydrogen-bond donors (Lipinski definition) is 2. The number of hydrogen-bond acceptors (Lipinski definition) is 6. The highest BCUT2D eigenvalue weighted by Crippen LogP contribution is 2.33. The average Bonchev–Trinajstić information content (AvgIpc) is 3.33. The van der Waals surface area contributed by atoms with Gasteiger partial charge in [0.05, 0.1) is 31.2 Å². The largest absolute Gasteiger partial charge is 0.379 e. The summed E-state index contributed by atoms with van der Waals surface area (Å²) in [7, 11) is 0. The zero-order valence-electron chi connectivity index (χ0n) is 22.4. The van der Waals surface area contributed by atoms with Gasteiger partial charge in [-0.05, 0) is 48.5 Å². The molecule has 0 aliphatic carbocycles. The van der Waals surface area contributed by atoms with Crippen LogP contribution in [0.5, 0.6) is 0 Å². The van der Waals surface area contributed by atoms with Crippen molar-refractivity contribution in [3.63, 3.8) is 0 Å². The minimum absolute atomic E-state index is 0.0856. The normalized spacial score (nSPS) is 14.9. The van der Waals surface area contributed by atoms with Gasteiger partial charge in [0.25, 0.3) is 5.91 Å². The second-order valence-corrected chi connectivity index (χ2v) is 10.5. The summed E-state index contributed by atoms with van der Waals surface area (Å²) in [4.78, 5) is 19.7. The minimum atomic E-state index is -0.315. The second kappa shape index (κ2) is 12.2. The number of aliphatic imine (C=N–C) groups is 1. The SMILES string of the molecule is O=C(NCCN1CCOCC1)c1ccc(NCn2cc3c(n2)-c2ccc(Cl)cc2C(c2cccc(F)c2)=NC3)cc1. The van der Waals surface area contributed by atoms with Gasteiger partial charge in [0.2, 0.25) is 0 Å². The Morgan fingerprint density at radius 2 is 1.85 bits per heavy atom. The lowest BCUT2D eigenvalue weighted by Crippen LogP contribution is -2.41. The monoisotopic (exact) mass is 572 g/mol. The highest BCUT2D eigenvalue weighted by Gasteiger charge is 2.22. The number of morpholine rings is 1. The molecule has 0 unspecified atom stereocenters. The van der Waals surface area contributed by atoms with Crippen molar-refractivity contribution < 1.29 is 13.9 Å². The fourth-order valence-electron chi connectivity index (χ4n) is 5.10. The van der Waals surface area contributed by atoms with Crippen molar-refractivity contribution in [3.8, 4) is 11.3 Å². The van der Waals surface area contributed by atoms with Crippen molar-refractivity contribution in [3.05, 3.63) is 106 Å². The number of nitrogens with zero attached hydrogens (tertiary/aromatic N) is 4. The van der Waals surface area contributed by atoms with Gasteiger partial charge in [-0.2, -0.15) is 5.10 Å². The zero-order valence-corrected chi connectivity index (χ0v) is 23.2. The molecule has 2 aliphatic rings. The summed E-state index contributed by atoms with van der Waals surface area (Å²) < 4.78 is 21.2. The molecule has 41 heavy (non-hydrogen) atoms. The molecule has 210 valence electrons. The Kier molecular flexibility index (Phi) is 8.09. The molecule has 1 saturated heterocycles. The van der Waals surface area contributed by atoms with E-state index in [1.807, 2.05) is 59.4 Å². The maximum absolute atomic E-state index is 14.0. The van der Waals surface area contributed by atoms with Crippen LogP contribution in [0.1, 0.15) is 27.0 Å². The summed E-state index contributed by atoms with van der Waals surface area (Å²) in [5.41, 5.74) is 6.37. The van der Waals surface area contributed by atoms with Crippen molar-refractivity contribution >= 4 is 28.9 Å². The van der Waals surface area contributed by atoms with Crippen LogP contribution in [0.15, 0.2) is 77.9 Å². The lowest BCUT2D eigenvalue weighted by molar-refractivity contribution is 0.0383. The Labute approximate surface area is 242 Å².